The number of nitrogens with zero attached hydrogens (tertiary/aromatic N) is 2. The molecule has 0 radical (unpaired) electrons. The van der Waals surface area contributed by atoms with Crippen molar-refractivity contribution in [2.24, 2.45) is 0 Å². The maximum atomic E-state index is 12.6. The zero-order valence-electron chi connectivity index (χ0n) is 13.1. The van der Waals surface area contributed by atoms with Gasteiger partial charge in [0.05, 0.1) is 6.04 Å². The first-order chi connectivity index (χ1) is 11.8. The lowest BCUT2D eigenvalue weighted by Gasteiger charge is -2.19. The van der Waals surface area contributed by atoms with Crippen molar-refractivity contribution in [1.29, 1.82) is 0 Å². The Kier molecular flexibility index (Phi) is 3.83. The standard InChI is InChI=1S/C19H18N4O/c24-19(17-12-16(22-23-17)13-6-7-13)21-18(14-4-2-1-3-5-14)15-8-10-20-11-9-15/h1-5,8-13,18H,6-7H2,(H,21,24)(H,22,23). The largest absolute Gasteiger partial charge is 0.340 e. The van der Waals surface area contributed by atoms with Crippen molar-refractivity contribution < 1.29 is 4.79 Å². The van der Waals surface area contributed by atoms with Gasteiger partial charge < -0.3 is 5.32 Å². The van der Waals surface area contributed by atoms with E-state index in [1.54, 1.807) is 12.4 Å². The Morgan fingerprint density at radius 1 is 1.08 bits per heavy atom. The van der Waals surface area contributed by atoms with Gasteiger partial charge in [0.25, 0.3) is 5.91 Å². The molecule has 1 aromatic carbocycles. The van der Waals surface area contributed by atoms with Crippen LogP contribution in [0.3, 0.4) is 0 Å². The Balaban J connectivity index is 1.60. The molecule has 1 amide bonds. The lowest BCUT2D eigenvalue weighted by Crippen LogP contribution is -2.29. The van der Waals surface area contributed by atoms with Crippen molar-refractivity contribution in [1.82, 2.24) is 20.5 Å². The predicted molar refractivity (Wildman–Crippen MR) is 90.6 cm³/mol. The van der Waals surface area contributed by atoms with Crippen LogP contribution in [0.4, 0.5) is 0 Å². The van der Waals surface area contributed by atoms with Gasteiger partial charge in [-0.25, -0.2) is 0 Å². The first-order valence-electron chi connectivity index (χ1n) is 8.12. The van der Waals surface area contributed by atoms with Gasteiger partial charge in [-0.3, -0.25) is 14.9 Å². The van der Waals surface area contributed by atoms with Crippen LogP contribution >= 0.6 is 0 Å². The minimum absolute atomic E-state index is 0.177. The van der Waals surface area contributed by atoms with Gasteiger partial charge in [-0.05, 0) is 42.2 Å². The van der Waals surface area contributed by atoms with E-state index < -0.39 is 0 Å². The zero-order valence-corrected chi connectivity index (χ0v) is 13.1. The van der Waals surface area contributed by atoms with Crippen molar-refractivity contribution in [3.63, 3.8) is 0 Å². The lowest BCUT2D eigenvalue weighted by molar-refractivity contribution is 0.0938. The van der Waals surface area contributed by atoms with Gasteiger partial charge in [-0.2, -0.15) is 5.10 Å². The van der Waals surface area contributed by atoms with E-state index in [-0.39, 0.29) is 11.9 Å². The third kappa shape index (κ3) is 3.06. The van der Waals surface area contributed by atoms with Gasteiger partial charge in [0.15, 0.2) is 0 Å². The summed E-state index contributed by atoms with van der Waals surface area (Å²) in [7, 11) is 0. The smallest absolute Gasteiger partial charge is 0.272 e. The molecule has 2 N–H and O–H groups in total. The van der Waals surface area contributed by atoms with E-state index in [0.717, 1.165) is 16.8 Å². The third-order valence-electron chi connectivity index (χ3n) is 4.30. The molecule has 1 aliphatic carbocycles. The van der Waals surface area contributed by atoms with Crippen molar-refractivity contribution in [3.05, 3.63) is 83.4 Å². The van der Waals surface area contributed by atoms with Gasteiger partial charge in [0, 0.05) is 24.0 Å². The summed E-state index contributed by atoms with van der Waals surface area (Å²) in [5.74, 6) is 0.369. The van der Waals surface area contributed by atoms with Gasteiger partial charge in [-0.1, -0.05) is 30.3 Å². The Labute approximate surface area is 140 Å². The van der Waals surface area contributed by atoms with E-state index in [0.29, 0.717) is 11.6 Å². The molecule has 1 aliphatic rings. The summed E-state index contributed by atoms with van der Waals surface area (Å²) in [5, 5.41) is 10.2. The van der Waals surface area contributed by atoms with Crippen LogP contribution in [0.15, 0.2) is 60.9 Å². The Bertz CT molecular complexity index is 785. The van der Waals surface area contributed by atoms with Crippen LogP contribution in [0, 0.1) is 0 Å². The number of benzene rings is 1. The molecule has 2 heterocycles. The number of hydrogen-bond acceptors (Lipinski definition) is 3. The fourth-order valence-electron chi connectivity index (χ4n) is 2.82. The number of amides is 1. The number of rotatable bonds is 5. The fraction of sp³-hybridized carbons (Fsp3) is 0.211. The number of carbonyl (C=O) groups is 1. The maximum absolute atomic E-state index is 12.6. The monoisotopic (exact) mass is 318 g/mol. The normalized spacial score (nSPS) is 15.0. The van der Waals surface area contributed by atoms with Crippen LogP contribution in [0.1, 0.15) is 52.1 Å². The third-order valence-corrected chi connectivity index (χ3v) is 4.30. The van der Waals surface area contributed by atoms with Gasteiger partial charge in [0.2, 0.25) is 0 Å². The van der Waals surface area contributed by atoms with E-state index >= 15 is 0 Å². The van der Waals surface area contributed by atoms with Crippen LogP contribution in [-0.2, 0) is 0 Å². The molecule has 24 heavy (non-hydrogen) atoms. The second-order valence-corrected chi connectivity index (χ2v) is 6.08. The van der Waals surface area contributed by atoms with Crippen molar-refractivity contribution in [2.75, 3.05) is 0 Å². The van der Waals surface area contributed by atoms with Gasteiger partial charge in [-0.15, -0.1) is 0 Å². The second-order valence-electron chi connectivity index (χ2n) is 6.08. The van der Waals surface area contributed by atoms with Gasteiger partial charge >= 0.3 is 0 Å². The molecule has 2 aromatic heterocycles. The molecule has 0 spiro atoms. The first kappa shape index (κ1) is 14.6. The number of hydrogen-bond donors (Lipinski definition) is 2. The highest BCUT2D eigenvalue weighted by Crippen LogP contribution is 2.39. The second kappa shape index (κ2) is 6.28. The van der Waals surface area contributed by atoms with Crippen molar-refractivity contribution in [3.8, 4) is 0 Å². The summed E-state index contributed by atoms with van der Waals surface area (Å²) in [6.45, 7) is 0. The molecular formula is C19H18N4O. The minimum Gasteiger partial charge on any atom is -0.340 e. The lowest BCUT2D eigenvalue weighted by atomic mass is 9.99. The Morgan fingerprint density at radius 3 is 2.50 bits per heavy atom. The Hall–Kier alpha value is -2.95. The molecule has 5 nitrogen and oxygen atoms in total. The van der Waals surface area contributed by atoms with Crippen LogP contribution in [0.5, 0.6) is 0 Å². The SMILES string of the molecule is O=C(NC(c1ccccc1)c1ccncc1)c1cc(C2CC2)[nH]n1. The molecule has 0 aliphatic heterocycles. The van der Waals surface area contributed by atoms with E-state index in [2.05, 4.69) is 20.5 Å². The topological polar surface area (TPSA) is 70.7 Å². The van der Waals surface area contributed by atoms with Crippen LogP contribution in [-0.4, -0.2) is 21.1 Å². The van der Waals surface area contributed by atoms with Crippen LogP contribution < -0.4 is 5.32 Å². The molecule has 1 unspecified atom stereocenters. The van der Waals surface area contributed by atoms with E-state index in [1.807, 2.05) is 48.5 Å². The first-order valence-corrected chi connectivity index (χ1v) is 8.12. The van der Waals surface area contributed by atoms with E-state index in [9.17, 15) is 4.79 Å². The summed E-state index contributed by atoms with van der Waals surface area (Å²) < 4.78 is 0. The number of H-pyrrole nitrogens is 1. The highest BCUT2D eigenvalue weighted by Gasteiger charge is 2.27. The number of pyridine rings is 1. The Morgan fingerprint density at radius 2 is 1.79 bits per heavy atom. The van der Waals surface area contributed by atoms with E-state index in [1.165, 1.54) is 12.8 Å². The summed E-state index contributed by atoms with van der Waals surface area (Å²) in [5.41, 5.74) is 3.50. The molecule has 1 atom stereocenters. The number of aromatic nitrogens is 3. The quantitative estimate of drug-likeness (QED) is 0.759. The fourth-order valence-corrected chi connectivity index (χ4v) is 2.82. The molecule has 1 fully saturated rings. The summed E-state index contributed by atoms with van der Waals surface area (Å²) in [6.07, 6.45) is 5.81. The molecule has 5 heteroatoms. The predicted octanol–water partition coefficient (Wildman–Crippen LogP) is 3.20. The highest BCUT2D eigenvalue weighted by atomic mass is 16.2. The molecule has 120 valence electrons. The summed E-state index contributed by atoms with van der Waals surface area (Å²) >= 11 is 0. The number of aromatic amines is 1. The molecule has 3 aromatic rings. The summed E-state index contributed by atoms with van der Waals surface area (Å²) in [6, 6.07) is 15.4. The maximum Gasteiger partial charge on any atom is 0.272 e. The molecule has 4 rings (SSSR count). The highest BCUT2D eigenvalue weighted by molar-refractivity contribution is 5.93. The van der Waals surface area contributed by atoms with Crippen LogP contribution in [0.2, 0.25) is 0 Å². The van der Waals surface area contributed by atoms with Crippen molar-refractivity contribution in [2.45, 2.75) is 24.8 Å². The number of nitrogens with one attached hydrogen (secondary N) is 2. The van der Waals surface area contributed by atoms with E-state index in [4.69, 9.17) is 0 Å². The average molecular weight is 318 g/mol. The summed E-state index contributed by atoms with van der Waals surface area (Å²) in [4.78, 5) is 16.7. The van der Waals surface area contributed by atoms with Crippen molar-refractivity contribution >= 4 is 5.91 Å². The molecule has 0 saturated heterocycles. The van der Waals surface area contributed by atoms with Crippen LogP contribution in [0.25, 0.3) is 0 Å². The molecular weight excluding hydrogens is 300 g/mol. The van der Waals surface area contributed by atoms with Gasteiger partial charge in [0.1, 0.15) is 5.69 Å². The molecule has 0 bridgehead atoms. The number of carbonyl (C=O) groups excluding carboxylic acids is 1. The zero-order chi connectivity index (χ0) is 16.4. The minimum atomic E-state index is -0.234. The molecule has 1 saturated carbocycles. The average Bonchev–Trinajstić information content (AvgIpc) is 3.38.